The number of nitrogens with two attached hydrogens (primary N) is 1. The van der Waals surface area contributed by atoms with Gasteiger partial charge in [0, 0.05) is 12.1 Å². The Balaban J connectivity index is 1.56. The van der Waals surface area contributed by atoms with E-state index in [2.05, 4.69) is 26.8 Å². The van der Waals surface area contributed by atoms with Gasteiger partial charge in [-0.3, -0.25) is 9.59 Å². The molecule has 4 rings (SSSR count). The molecule has 0 bridgehead atoms. The maximum Gasteiger partial charge on any atom is 0.247 e. The van der Waals surface area contributed by atoms with Gasteiger partial charge in [-0.15, -0.1) is 0 Å². The van der Waals surface area contributed by atoms with Crippen molar-refractivity contribution in [3.05, 3.63) is 47.2 Å². The molecule has 178 valence electrons. The van der Waals surface area contributed by atoms with Gasteiger partial charge in [-0.2, -0.15) is 5.26 Å². The molecule has 10 heteroatoms. The van der Waals surface area contributed by atoms with Crippen LogP contribution in [-0.2, 0) is 32.5 Å². The molecule has 2 atom stereocenters. The number of hydrogen-bond acceptors (Lipinski definition) is 7. The number of rotatable bonds is 4. The standard InChI is InChI=1S/C24H26N4O4S2/c1-24(2,3)16-4-9-19-14(11-16)10-15(13-25)22(27-19)33-20-12-21(29)28(23(20)30)17-5-7-18(8-6-17)34(26,31)32/h5-8,10,16,20H,4,9,11-12H2,1-3H3,(H2,26,31,32). The summed E-state index contributed by atoms with van der Waals surface area (Å²) in [5, 5.41) is 14.6. The first-order valence-corrected chi connectivity index (χ1v) is 13.4. The zero-order chi connectivity index (χ0) is 24.8. The van der Waals surface area contributed by atoms with Gasteiger partial charge in [0.2, 0.25) is 21.8 Å². The van der Waals surface area contributed by atoms with Crippen LogP contribution in [0.1, 0.15) is 50.4 Å². The minimum absolute atomic E-state index is 0.0316. The highest BCUT2D eigenvalue weighted by Crippen LogP contribution is 2.40. The molecular weight excluding hydrogens is 472 g/mol. The van der Waals surface area contributed by atoms with Crippen LogP contribution in [0.3, 0.4) is 0 Å². The molecule has 0 saturated carbocycles. The van der Waals surface area contributed by atoms with E-state index in [-0.39, 0.29) is 22.4 Å². The number of nitriles is 1. The van der Waals surface area contributed by atoms with Crippen LogP contribution in [0.15, 0.2) is 40.3 Å². The summed E-state index contributed by atoms with van der Waals surface area (Å²) in [7, 11) is -3.88. The first-order chi connectivity index (χ1) is 15.9. The fourth-order valence-corrected chi connectivity index (χ4v) is 6.05. The van der Waals surface area contributed by atoms with Crippen LogP contribution in [0.2, 0.25) is 0 Å². The summed E-state index contributed by atoms with van der Waals surface area (Å²) < 4.78 is 22.9. The number of aryl methyl sites for hydroxylation is 1. The maximum absolute atomic E-state index is 13.1. The number of carbonyl (C=O) groups is 2. The summed E-state index contributed by atoms with van der Waals surface area (Å²) in [6.07, 6.45) is 2.67. The molecule has 2 amide bonds. The molecule has 1 saturated heterocycles. The number of primary sulfonamides is 1. The first-order valence-electron chi connectivity index (χ1n) is 11.0. The topological polar surface area (TPSA) is 134 Å². The minimum atomic E-state index is -3.88. The smallest absolute Gasteiger partial charge is 0.247 e. The van der Waals surface area contributed by atoms with Crippen molar-refractivity contribution in [1.29, 1.82) is 5.26 Å². The largest absolute Gasteiger partial charge is 0.274 e. The van der Waals surface area contributed by atoms with E-state index < -0.39 is 27.1 Å². The molecule has 1 fully saturated rings. The molecule has 34 heavy (non-hydrogen) atoms. The second-order valence-corrected chi connectivity index (χ2v) is 12.5. The number of fused-ring (bicyclic) bond motifs is 1. The third-order valence-electron chi connectivity index (χ3n) is 6.48. The molecule has 2 N–H and O–H groups in total. The van der Waals surface area contributed by atoms with E-state index in [1.165, 1.54) is 24.3 Å². The Hall–Kier alpha value is -2.74. The summed E-state index contributed by atoms with van der Waals surface area (Å²) in [6, 6.07) is 9.36. The van der Waals surface area contributed by atoms with Gasteiger partial charge in [-0.1, -0.05) is 32.5 Å². The van der Waals surface area contributed by atoms with Crippen molar-refractivity contribution in [2.75, 3.05) is 4.90 Å². The van der Waals surface area contributed by atoms with Crippen molar-refractivity contribution in [2.45, 2.75) is 61.6 Å². The second kappa shape index (κ2) is 8.80. The summed E-state index contributed by atoms with van der Waals surface area (Å²) in [4.78, 5) is 31.4. The van der Waals surface area contributed by atoms with Crippen LogP contribution in [0.4, 0.5) is 5.69 Å². The van der Waals surface area contributed by atoms with E-state index >= 15 is 0 Å². The molecular formula is C24H26N4O4S2. The third kappa shape index (κ3) is 4.73. The van der Waals surface area contributed by atoms with Crippen molar-refractivity contribution >= 4 is 39.3 Å². The normalized spacial score (nSPS) is 20.9. The monoisotopic (exact) mass is 498 g/mol. The SMILES string of the molecule is CC(C)(C)C1CCc2nc(SC3CC(=O)N(c4ccc(S(N)(=O)=O)cc4)C3=O)c(C#N)cc2C1. The number of sulfonamides is 1. The number of aromatic nitrogens is 1. The zero-order valence-corrected chi connectivity index (χ0v) is 20.9. The number of anilines is 1. The third-order valence-corrected chi connectivity index (χ3v) is 8.60. The Morgan fingerprint density at radius 2 is 1.85 bits per heavy atom. The molecule has 2 aliphatic rings. The van der Waals surface area contributed by atoms with Crippen LogP contribution >= 0.6 is 11.8 Å². The van der Waals surface area contributed by atoms with Crippen LogP contribution in [0, 0.1) is 22.7 Å². The fourth-order valence-electron chi connectivity index (χ4n) is 4.44. The number of hydrogen-bond donors (Lipinski definition) is 1. The predicted molar refractivity (Wildman–Crippen MR) is 128 cm³/mol. The highest BCUT2D eigenvalue weighted by Gasteiger charge is 2.41. The maximum atomic E-state index is 13.1. The number of pyridine rings is 1. The zero-order valence-electron chi connectivity index (χ0n) is 19.2. The lowest BCUT2D eigenvalue weighted by molar-refractivity contribution is -0.121. The van der Waals surface area contributed by atoms with Gasteiger partial charge in [0.15, 0.2) is 0 Å². The lowest BCUT2D eigenvalue weighted by Crippen LogP contribution is -2.31. The summed E-state index contributed by atoms with van der Waals surface area (Å²) in [5.74, 6) is -0.306. The van der Waals surface area contributed by atoms with Gasteiger partial charge in [-0.05, 0) is 66.5 Å². The van der Waals surface area contributed by atoms with Gasteiger partial charge in [-0.25, -0.2) is 23.4 Å². The predicted octanol–water partition coefficient (Wildman–Crippen LogP) is 3.18. The number of imide groups is 1. The molecule has 8 nitrogen and oxygen atoms in total. The molecule has 0 radical (unpaired) electrons. The van der Waals surface area contributed by atoms with Gasteiger partial charge in [0.25, 0.3) is 0 Å². The van der Waals surface area contributed by atoms with E-state index in [1.54, 1.807) is 0 Å². The van der Waals surface area contributed by atoms with Gasteiger partial charge < -0.3 is 0 Å². The molecule has 1 aromatic carbocycles. The molecule has 2 unspecified atom stereocenters. The van der Waals surface area contributed by atoms with Gasteiger partial charge in [0.1, 0.15) is 11.1 Å². The Labute approximate surface area is 203 Å². The Morgan fingerprint density at radius 1 is 1.18 bits per heavy atom. The van der Waals surface area contributed by atoms with Crippen LogP contribution in [0.5, 0.6) is 0 Å². The van der Waals surface area contributed by atoms with E-state index in [4.69, 9.17) is 10.1 Å². The van der Waals surface area contributed by atoms with Gasteiger partial charge >= 0.3 is 0 Å². The highest BCUT2D eigenvalue weighted by atomic mass is 32.2. The summed E-state index contributed by atoms with van der Waals surface area (Å²) >= 11 is 1.14. The fraction of sp³-hybridized carbons (Fsp3) is 0.417. The average molecular weight is 499 g/mol. The minimum Gasteiger partial charge on any atom is -0.274 e. The van der Waals surface area contributed by atoms with Crippen LogP contribution in [0.25, 0.3) is 0 Å². The van der Waals surface area contributed by atoms with Crippen molar-refractivity contribution < 1.29 is 18.0 Å². The first kappa shape index (κ1) is 24.4. The number of nitrogens with zero attached hydrogens (tertiary/aromatic N) is 3. The quantitative estimate of drug-likeness (QED) is 0.640. The van der Waals surface area contributed by atoms with Crippen molar-refractivity contribution in [2.24, 2.45) is 16.5 Å². The number of benzene rings is 1. The number of carbonyl (C=O) groups excluding carboxylic acids is 2. The van der Waals surface area contributed by atoms with Crippen LogP contribution < -0.4 is 10.0 Å². The van der Waals surface area contributed by atoms with E-state index in [9.17, 15) is 23.3 Å². The lowest BCUT2D eigenvalue weighted by Gasteiger charge is -2.34. The van der Waals surface area contributed by atoms with Crippen molar-refractivity contribution in [3.63, 3.8) is 0 Å². The molecule has 2 heterocycles. The Morgan fingerprint density at radius 3 is 2.44 bits per heavy atom. The summed E-state index contributed by atoms with van der Waals surface area (Å²) in [5.41, 5.74) is 2.89. The van der Waals surface area contributed by atoms with Crippen LogP contribution in [-0.4, -0.2) is 30.5 Å². The molecule has 2 aromatic rings. The van der Waals surface area contributed by atoms with Crippen molar-refractivity contribution in [3.8, 4) is 6.07 Å². The Kier molecular flexibility index (Phi) is 6.31. The molecule has 0 spiro atoms. The second-order valence-electron chi connectivity index (χ2n) is 9.78. The number of thioether (sulfide) groups is 1. The highest BCUT2D eigenvalue weighted by molar-refractivity contribution is 8.00. The lowest BCUT2D eigenvalue weighted by atomic mass is 9.71. The number of amides is 2. The Bertz CT molecular complexity index is 1310. The van der Waals surface area contributed by atoms with Crippen molar-refractivity contribution in [1.82, 2.24) is 4.98 Å². The van der Waals surface area contributed by atoms with E-state index in [1.807, 2.05) is 6.07 Å². The average Bonchev–Trinajstić information content (AvgIpc) is 3.04. The molecule has 1 aliphatic heterocycles. The van der Waals surface area contributed by atoms with E-state index in [0.717, 1.165) is 47.2 Å². The van der Waals surface area contributed by atoms with E-state index in [0.29, 0.717) is 16.5 Å². The molecule has 1 aliphatic carbocycles. The van der Waals surface area contributed by atoms with Gasteiger partial charge in [0.05, 0.1) is 21.4 Å². The molecule has 1 aromatic heterocycles. The summed E-state index contributed by atoms with van der Waals surface area (Å²) in [6.45, 7) is 6.67.